The van der Waals surface area contributed by atoms with Crippen LogP contribution in [-0.2, 0) is 6.18 Å². The van der Waals surface area contributed by atoms with Crippen molar-refractivity contribution in [3.05, 3.63) is 65.0 Å². The van der Waals surface area contributed by atoms with E-state index in [4.69, 9.17) is 5.26 Å². The monoisotopic (exact) mass is 351 g/mol. The number of anilines is 1. The Kier molecular flexibility index (Phi) is 5.60. The van der Waals surface area contributed by atoms with Crippen LogP contribution in [-0.4, -0.2) is 19.0 Å². The van der Waals surface area contributed by atoms with Crippen molar-refractivity contribution in [2.75, 3.05) is 18.4 Å². The second kappa shape index (κ2) is 7.66. The zero-order valence-corrected chi connectivity index (χ0v) is 12.8. The zero-order chi connectivity index (χ0) is 18.4. The van der Waals surface area contributed by atoms with Gasteiger partial charge in [-0.2, -0.15) is 18.4 Å². The van der Waals surface area contributed by atoms with E-state index in [1.165, 1.54) is 18.2 Å². The molecule has 0 aromatic heterocycles. The predicted octanol–water partition coefficient (Wildman–Crippen LogP) is 3.56. The minimum atomic E-state index is -4.53. The van der Waals surface area contributed by atoms with Gasteiger partial charge in [-0.15, -0.1) is 0 Å². The first-order valence-electron chi connectivity index (χ1n) is 7.21. The molecule has 0 aliphatic rings. The summed E-state index contributed by atoms with van der Waals surface area (Å²) in [5.74, 6) is -1.25. The molecule has 2 N–H and O–H groups in total. The van der Waals surface area contributed by atoms with Crippen molar-refractivity contribution >= 4 is 11.6 Å². The largest absolute Gasteiger partial charge is 0.416 e. The summed E-state index contributed by atoms with van der Waals surface area (Å²) in [5.41, 5.74) is -0.955. The molecule has 130 valence electrons. The number of rotatable bonds is 5. The van der Waals surface area contributed by atoms with Gasteiger partial charge < -0.3 is 10.6 Å². The van der Waals surface area contributed by atoms with Gasteiger partial charge in [0.1, 0.15) is 11.9 Å². The Balaban J connectivity index is 1.93. The van der Waals surface area contributed by atoms with Crippen LogP contribution in [0.25, 0.3) is 0 Å². The molecule has 4 nitrogen and oxygen atoms in total. The Bertz CT molecular complexity index is 812. The fourth-order valence-corrected chi connectivity index (χ4v) is 2.08. The maximum Gasteiger partial charge on any atom is 0.416 e. The molecule has 0 spiro atoms. The van der Waals surface area contributed by atoms with Crippen molar-refractivity contribution in [1.29, 1.82) is 5.26 Å². The van der Waals surface area contributed by atoms with Gasteiger partial charge in [-0.3, -0.25) is 4.79 Å². The highest BCUT2D eigenvalue weighted by molar-refractivity contribution is 5.94. The Morgan fingerprint density at radius 2 is 1.84 bits per heavy atom. The van der Waals surface area contributed by atoms with Crippen molar-refractivity contribution in [2.45, 2.75) is 6.18 Å². The molecule has 0 saturated heterocycles. The standard InChI is InChI=1S/C17H13F4N3O/c18-14-4-2-1-3-13(14)16(25)24-8-7-23-15-6-5-12(17(19,20)21)9-11(15)10-22/h1-6,9,23H,7-8H2,(H,24,25). The summed E-state index contributed by atoms with van der Waals surface area (Å²) in [6, 6.07) is 9.94. The number of amides is 1. The van der Waals surface area contributed by atoms with E-state index >= 15 is 0 Å². The van der Waals surface area contributed by atoms with Gasteiger partial charge in [0, 0.05) is 13.1 Å². The third kappa shape index (κ3) is 4.70. The first-order chi connectivity index (χ1) is 11.8. The molecule has 0 saturated carbocycles. The van der Waals surface area contributed by atoms with Crippen molar-refractivity contribution in [3.63, 3.8) is 0 Å². The highest BCUT2D eigenvalue weighted by Crippen LogP contribution is 2.31. The summed E-state index contributed by atoms with van der Waals surface area (Å²) in [6.45, 7) is 0.249. The molecule has 0 aliphatic carbocycles. The third-order valence-electron chi connectivity index (χ3n) is 3.31. The molecule has 2 rings (SSSR count). The first-order valence-corrected chi connectivity index (χ1v) is 7.21. The molecule has 1 amide bonds. The lowest BCUT2D eigenvalue weighted by Crippen LogP contribution is -2.29. The van der Waals surface area contributed by atoms with Crippen LogP contribution in [0.1, 0.15) is 21.5 Å². The smallest absolute Gasteiger partial charge is 0.382 e. The molecule has 0 atom stereocenters. The van der Waals surface area contributed by atoms with Crippen LogP contribution in [0.3, 0.4) is 0 Å². The van der Waals surface area contributed by atoms with E-state index < -0.39 is 23.5 Å². The van der Waals surface area contributed by atoms with Gasteiger partial charge in [0.25, 0.3) is 5.91 Å². The second-order valence-electron chi connectivity index (χ2n) is 5.03. The number of nitrogens with one attached hydrogen (secondary N) is 2. The number of nitriles is 1. The summed E-state index contributed by atoms with van der Waals surface area (Å²) in [7, 11) is 0. The lowest BCUT2D eigenvalue weighted by molar-refractivity contribution is -0.137. The van der Waals surface area contributed by atoms with E-state index in [2.05, 4.69) is 10.6 Å². The fourth-order valence-electron chi connectivity index (χ4n) is 2.08. The highest BCUT2D eigenvalue weighted by Gasteiger charge is 2.31. The quantitative estimate of drug-likeness (QED) is 0.639. The average Bonchev–Trinajstić information content (AvgIpc) is 2.58. The molecule has 8 heteroatoms. The van der Waals surface area contributed by atoms with Crippen molar-refractivity contribution in [3.8, 4) is 6.07 Å². The third-order valence-corrected chi connectivity index (χ3v) is 3.31. The van der Waals surface area contributed by atoms with E-state index in [0.717, 1.165) is 24.3 Å². The number of hydrogen-bond donors (Lipinski definition) is 2. The van der Waals surface area contributed by atoms with Gasteiger partial charge in [-0.05, 0) is 30.3 Å². The second-order valence-corrected chi connectivity index (χ2v) is 5.03. The van der Waals surface area contributed by atoms with E-state index in [-0.39, 0.29) is 29.9 Å². The molecule has 0 radical (unpaired) electrons. The van der Waals surface area contributed by atoms with E-state index in [1.54, 1.807) is 6.07 Å². The number of nitrogens with zero attached hydrogens (tertiary/aromatic N) is 1. The average molecular weight is 351 g/mol. The molecule has 2 aromatic carbocycles. The van der Waals surface area contributed by atoms with Crippen LogP contribution in [0.15, 0.2) is 42.5 Å². The van der Waals surface area contributed by atoms with Gasteiger partial charge in [0.05, 0.1) is 22.4 Å². The summed E-state index contributed by atoms with van der Waals surface area (Å²) in [5, 5.41) is 14.2. The molecular weight excluding hydrogens is 338 g/mol. The fraction of sp³-hybridized carbons (Fsp3) is 0.176. The molecular formula is C17H13F4N3O. The lowest BCUT2D eigenvalue weighted by Gasteiger charge is -2.12. The zero-order valence-electron chi connectivity index (χ0n) is 12.8. The minimum absolute atomic E-state index is 0.0963. The number of hydrogen-bond acceptors (Lipinski definition) is 3. The van der Waals surface area contributed by atoms with Crippen molar-refractivity contribution in [1.82, 2.24) is 5.32 Å². The van der Waals surface area contributed by atoms with Crippen LogP contribution in [0, 0.1) is 17.1 Å². The Morgan fingerprint density at radius 1 is 1.12 bits per heavy atom. The van der Waals surface area contributed by atoms with Gasteiger partial charge >= 0.3 is 6.18 Å². The number of halogens is 4. The summed E-state index contributed by atoms with van der Waals surface area (Å²) >= 11 is 0. The van der Waals surface area contributed by atoms with E-state index in [0.29, 0.717) is 0 Å². The minimum Gasteiger partial charge on any atom is -0.382 e. The normalized spacial score (nSPS) is 10.8. The maximum atomic E-state index is 13.4. The Morgan fingerprint density at radius 3 is 2.48 bits per heavy atom. The van der Waals surface area contributed by atoms with Crippen LogP contribution >= 0.6 is 0 Å². The molecule has 25 heavy (non-hydrogen) atoms. The summed E-state index contributed by atoms with van der Waals surface area (Å²) < 4.78 is 51.3. The number of benzene rings is 2. The Labute approximate surface area is 141 Å². The lowest BCUT2D eigenvalue weighted by atomic mass is 10.1. The van der Waals surface area contributed by atoms with Crippen LogP contribution in [0.5, 0.6) is 0 Å². The topological polar surface area (TPSA) is 64.9 Å². The maximum absolute atomic E-state index is 13.4. The molecule has 0 heterocycles. The molecule has 0 unspecified atom stereocenters. The number of carbonyl (C=O) groups is 1. The van der Waals surface area contributed by atoms with E-state index in [1.807, 2.05) is 0 Å². The van der Waals surface area contributed by atoms with Crippen LogP contribution in [0.2, 0.25) is 0 Å². The van der Waals surface area contributed by atoms with Gasteiger partial charge in [-0.25, -0.2) is 4.39 Å². The summed E-state index contributed by atoms with van der Waals surface area (Å²) in [4.78, 5) is 11.8. The molecule has 2 aromatic rings. The highest BCUT2D eigenvalue weighted by atomic mass is 19.4. The van der Waals surface area contributed by atoms with Gasteiger partial charge in [-0.1, -0.05) is 12.1 Å². The van der Waals surface area contributed by atoms with Gasteiger partial charge in [0.15, 0.2) is 0 Å². The first kappa shape index (κ1) is 18.3. The molecule has 0 bridgehead atoms. The number of carbonyl (C=O) groups excluding carboxylic acids is 1. The number of alkyl halides is 3. The van der Waals surface area contributed by atoms with E-state index in [9.17, 15) is 22.4 Å². The van der Waals surface area contributed by atoms with Gasteiger partial charge in [0.2, 0.25) is 0 Å². The predicted molar refractivity (Wildman–Crippen MR) is 83.4 cm³/mol. The van der Waals surface area contributed by atoms with Crippen LogP contribution < -0.4 is 10.6 Å². The van der Waals surface area contributed by atoms with Crippen molar-refractivity contribution < 1.29 is 22.4 Å². The molecule has 0 aliphatic heterocycles. The van der Waals surface area contributed by atoms with Crippen molar-refractivity contribution in [2.24, 2.45) is 0 Å². The molecule has 0 fully saturated rings. The SMILES string of the molecule is N#Cc1cc(C(F)(F)F)ccc1NCCNC(=O)c1ccccc1F. The summed E-state index contributed by atoms with van der Waals surface area (Å²) in [6.07, 6.45) is -4.53. The Hall–Kier alpha value is -3.08. The van der Waals surface area contributed by atoms with Crippen LogP contribution in [0.4, 0.5) is 23.2 Å².